The minimum atomic E-state index is -0.373. The molecule has 2 aliphatic heterocycles. The number of nitro benzene ring substituents is 1. The molecule has 0 unspecified atom stereocenters. The molecule has 0 spiro atoms. The van der Waals surface area contributed by atoms with E-state index in [-0.39, 0.29) is 10.6 Å². The highest BCUT2D eigenvalue weighted by molar-refractivity contribution is 9.08. The fraction of sp³-hybridized carbons (Fsp3) is 0.312. The second-order valence-electron chi connectivity index (χ2n) is 10.2. The third-order valence-electron chi connectivity index (χ3n) is 7.23. The Labute approximate surface area is 261 Å². The number of benzene rings is 2. The molecule has 0 amide bonds. The second-order valence-corrected chi connectivity index (χ2v) is 10.8. The van der Waals surface area contributed by atoms with E-state index in [0.29, 0.717) is 0 Å². The quantitative estimate of drug-likeness (QED) is 0.130. The molecule has 3 N–H and O–H groups in total. The molecule has 6 rings (SSSR count). The van der Waals surface area contributed by atoms with Crippen LogP contribution in [-0.2, 0) is 11.9 Å². The number of nitrogen functional groups attached to an aromatic ring is 1. The number of hydrogen-bond acceptors (Lipinski definition) is 9. The SMILES string of the molecule is BrCc1ccncc1.Nc1ccc(N2CCN(Cc3ccncc3)CC2)cc1.O=[N+]([O-])c1ccc(N2CCNCC2)cc1. The maximum absolute atomic E-state index is 10.5. The number of pyridine rings is 2. The molecule has 4 aromatic rings. The second kappa shape index (κ2) is 17.2. The van der Waals surface area contributed by atoms with Crippen molar-refractivity contribution < 1.29 is 4.92 Å². The van der Waals surface area contributed by atoms with Crippen molar-refractivity contribution >= 4 is 38.7 Å². The first kappa shape index (κ1) is 31.9. The number of aromatic nitrogens is 2. The molecule has 11 heteroatoms. The third kappa shape index (κ3) is 10.6. The molecule has 10 nitrogen and oxygen atoms in total. The molecule has 0 atom stereocenters. The molecule has 2 saturated heterocycles. The number of nitro groups is 1. The average Bonchev–Trinajstić information content (AvgIpc) is 3.07. The van der Waals surface area contributed by atoms with E-state index < -0.39 is 0 Å². The van der Waals surface area contributed by atoms with Gasteiger partial charge in [-0.25, -0.2) is 0 Å². The molecule has 2 aliphatic rings. The van der Waals surface area contributed by atoms with Gasteiger partial charge in [-0.3, -0.25) is 25.0 Å². The fourth-order valence-corrected chi connectivity index (χ4v) is 5.15. The van der Waals surface area contributed by atoms with Gasteiger partial charge in [-0.15, -0.1) is 0 Å². The first-order valence-corrected chi connectivity index (χ1v) is 15.5. The number of piperazine rings is 2. The fourth-order valence-electron chi connectivity index (χ4n) is 4.78. The number of non-ortho nitro benzene ring substituents is 1. The van der Waals surface area contributed by atoms with Crippen LogP contribution in [-0.4, -0.2) is 72.1 Å². The van der Waals surface area contributed by atoms with Gasteiger partial charge in [0, 0.05) is 118 Å². The zero-order valence-corrected chi connectivity index (χ0v) is 25.8. The Balaban J connectivity index is 0.000000162. The highest BCUT2D eigenvalue weighted by Crippen LogP contribution is 2.20. The maximum atomic E-state index is 10.5. The van der Waals surface area contributed by atoms with Crippen LogP contribution in [0.5, 0.6) is 0 Å². The van der Waals surface area contributed by atoms with Gasteiger partial charge in [0.1, 0.15) is 0 Å². The van der Waals surface area contributed by atoms with Crippen LogP contribution in [0.4, 0.5) is 22.7 Å². The summed E-state index contributed by atoms with van der Waals surface area (Å²) in [5.41, 5.74) is 11.6. The topological polar surface area (TPSA) is 117 Å². The van der Waals surface area contributed by atoms with E-state index in [1.54, 1.807) is 24.5 Å². The molecule has 2 aromatic carbocycles. The number of anilines is 3. The van der Waals surface area contributed by atoms with Gasteiger partial charge < -0.3 is 20.9 Å². The van der Waals surface area contributed by atoms with Crippen molar-refractivity contribution in [2.24, 2.45) is 0 Å². The van der Waals surface area contributed by atoms with Crippen molar-refractivity contribution in [3.63, 3.8) is 0 Å². The lowest BCUT2D eigenvalue weighted by atomic mass is 10.2. The lowest BCUT2D eigenvalue weighted by Crippen LogP contribution is -2.45. The lowest BCUT2D eigenvalue weighted by molar-refractivity contribution is -0.384. The van der Waals surface area contributed by atoms with E-state index in [4.69, 9.17) is 5.73 Å². The summed E-state index contributed by atoms with van der Waals surface area (Å²) >= 11 is 3.33. The average molecular weight is 648 g/mol. The summed E-state index contributed by atoms with van der Waals surface area (Å²) in [7, 11) is 0. The van der Waals surface area contributed by atoms with Crippen molar-refractivity contribution in [1.29, 1.82) is 0 Å². The number of rotatable bonds is 6. The molecule has 4 heterocycles. The van der Waals surface area contributed by atoms with Crippen LogP contribution in [0.25, 0.3) is 0 Å². The first-order chi connectivity index (χ1) is 21.0. The van der Waals surface area contributed by atoms with Crippen LogP contribution < -0.4 is 20.9 Å². The Morgan fingerprint density at radius 3 is 1.70 bits per heavy atom. The number of halogens is 1. The number of nitrogens with two attached hydrogens (primary N) is 1. The van der Waals surface area contributed by atoms with Gasteiger partial charge in [0.05, 0.1) is 4.92 Å². The molecule has 0 radical (unpaired) electrons. The minimum Gasteiger partial charge on any atom is -0.399 e. The summed E-state index contributed by atoms with van der Waals surface area (Å²) in [6.07, 6.45) is 7.30. The van der Waals surface area contributed by atoms with Gasteiger partial charge in [0.25, 0.3) is 5.69 Å². The Bertz CT molecular complexity index is 1350. The van der Waals surface area contributed by atoms with Crippen molar-refractivity contribution in [3.8, 4) is 0 Å². The van der Waals surface area contributed by atoms with Crippen LogP contribution in [0.15, 0.2) is 97.6 Å². The standard InChI is InChI=1S/C16H20N4.C10H13N3O2.C6H6BrN/c17-15-1-3-16(4-2-15)20-11-9-19(10-12-20)13-14-5-7-18-8-6-14;14-13(15)10-3-1-9(2-4-10)12-7-5-11-6-8-12;7-5-6-1-3-8-4-2-6/h1-8H,9-13,17H2;1-4,11H,5-8H2;1-4H,5H2. The highest BCUT2D eigenvalue weighted by atomic mass is 79.9. The lowest BCUT2D eigenvalue weighted by Gasteiger charge is -2.36. The summed E-state index contributed by atoms with van der Waals surface area (Å²) in [6.45, 7) is 9.17. The normalized spacial score (nSPS) is 15.0. The number of nitrogens with zero attached hydrogens (tertiary/aromatic N) is 6. The molecule has 0 bridgehead atoms. The van der Waals surface area contributed by atoms with Crippen molar-refractivity contribution in [2.45, 2.75) is 11.9 Å². The van der Waals surface area contributed by atoms with E-state index in [2.05, 4.69) is 70.2 Å². The Kier molecular flexibility index (Phi) is 12.7. The van der Waals surface area contributed by atoms with Gasteiger partial charge in [-0.2, -0.15) is 0 Å². The van der Waals surface area contributed by atoms with Gasteiger partial charge in [-0.1, -0.05) is 15.9 Å². The Hall–Kier alpha value is -4.06. The highest BCUT2D eigenvalue weighted by Gasteiger charge is 2.17. The van der Waals surface area contributed by atoms with E-state index in [9.17, 15) is 10.1 Å². The van der Waals surface area contributed by atoms with E-state index in [1.807, 2.05) is 48.8 Å². The van der Waals surface area contributed by atoms with E-state index in [1.165, 1.54) is 16.8 Å². The smallest absolute Gasteiger partial charge is 0.269 e. The third-order valence-corrected chi connectivity index (χ3v) is 7.88. The zero-order valence-electron chi connectivity index (χ0n) is 24.3. The molecule has 2 fully saturated rings. The molecule has 2 aromatic heterocycles. The summed E-state index contributed by atoms with van der Waals surface area (Å²) in [5.74, 6) is 0. The molecule has 226 valence electrons. The number of hydrogen-bond donors (Lipinski definition) is 2. The zero-order chi connectivity index (χ0) is 30.3. The van der Waals surface area contributed by atoms with Crippen molar-refractivity contribution in [2.75, 3.05) is 67.9 Å². The Morgan fingerprint density at radius 2 is 1.21 bits per heavy atom. The van der Waals surface area contributed by atoms with Gasteiger partial charge in [0.2, 0.25) is 0 Å². The summed E-state index contributed by atoms with van der Waals surface area (Å²) < 4.78 is 0. The molecular weight excluding hydrogens is 608 g/mol. The predicted molar refractivity (Wildman–Crippen MR) is 178 cm³/mol. The van der Waals surface area contributed by atoms with Crippen molar-refractivity contribution in [1.82, 2.24) is 20.2 Å². The largest absolute Gasteiger partial charge is 0.399 e. The van der Waals surface area contributed by atoms with E-state index in [0.717, 1.165) is 75.6 Å². The minimum absolute atomic E-state index is 0.147. The van der Waals surface area contributed by atoms with E-state index >= 15 is 0 Å². The monoisotopic (exact) mass is 646 g/mol. The van der Waals surface area contributed by atoms with Gasteiger partial charge in [-0.05, 0) is 71.8 Å². The summed E-state index contributed by atoms with van der Waals surface area (Å²) in [4.78, 5) is 25.2. The molecule has 0 aliphatic carbocycles. The van der Waals surface area contributed by atoms with Gasteiger partial charge >= 0.3 is 0 Å². The summed E-state index contributed by atoms with van der Waals surface area (Å²) in [6, 6.07) is 23.0. The maximum Gasteiger partial charge on any atom is 0.269 e. The number of alkyl halides is 1. The van der Waals surface area contributed by atoms with Gasteiger partial charge in [0.15, 0.2) is 0 Å². The van der Waals surface area contributed by atoms with Crippen LogP contribution in [0.1, 0.15) is 11.1 Å². The Morgan fingerprint density at radius 1 is 0.721 bits per heavy atom. The van der Waals surface area contributed by atoms with Crippen LogP contribution in [0.3, 0.4) is 0 Å². The molecule has 43 heavy (non-hydrogen) atoms. The summed E-state index contributed by atoms with van der Waals surface area (Å²) in [5, 5.41) is 14.6. The van der Waals surface area contributed by atoms with Crippen LogP contribution >= 0.6 is 15.9 Å². The van der Waals surface area contributed by atoms with Crippen LogP contribution in [0.2, 0.25) is 0 Å². The molecule has 0 saturated carbocycles. The molecular formula is C32H39BrN8O2. The van der Waals surface area contributed by atoms with Crippen LogP contribution in [0, 0.1) is 10.1 Å². The number of nitrogens with one attached hydrogen (secondary N) is 1. The van der Waals surface area contributed by atoms with Crippen molar-refractivity contribution in [3.05, 3.63) is 119 Å². The predicted octanol–water partition coefficient (Wildman–Crippen LogP) is 4.97. The first-order valence-electron chi connectivity index (χ1n) is 14.4.